The average molecular weight is 675 g/mol. The van der Waals surface area contributed by atoms with E-state index in [1.807, 2.05) is 13.8 Å². The predicted octanol–water partition coefficient (Wildman–Crippen LogP) is 3.23. The predicted molar refractivity (Wildman–Crippen MR) is 175 cm³/mol. The van der Waals surface area contributed by atoms with Gasteiger partial charge in [-0.2, -0.15) is 0 Å². The van der Waals surface area contributed by atoms with E-state index >= 15 is 0 Å². The second kappa shape index (κ2) is 25.0. The van der Waals surface area contributed by atoms with Gasteiger partial charge < -0.3 is 43.7 Å². The first kappa shape index (κ1) is 46.0. The van der Waals surface area contributed by atoms with Gasteiger partial charge in [0, 0.05) is 35.3 Å². The van der Waals surface area contributed by atoms with E-state index < -0.39 is 46.9 Å². The van der Waals surface area contributed by atoms with Gasteiger partial charge >= 0.3 is 23.9 Å². The lowest BCUT2D eigenvalue weighted by Gasteiger charge is -2.26. The maximum atomic E-state index is 11.7. The third kappa shape index (κ3) is 25.6. The average Bonchev–Trinajstić information content (AvgIpc) is 3.00. The monoisotopic (exact) mass is 674 g/mol. The number of hydrogen-bond acceptors (Lipinski definition) is 13. The van der Waals surface area contributed by atoms with Crippen molar-refractivity contribution >= 4 is 23.9 Å². The first-order valence-corrected chi connectivity index (χ1v) is 15.5. The number of hydrogen-bond donors (Lipinski definition) is 3. The van der Waals surface area contributed by atoms with Gasteiger partial charge in [0.1, 0.15) is 25.4 Å². The van der Waals surface area contributed by atoms with Crippen LogP contribution in [-0.4, -0.2) is 111 Å². The molecule has 13 nitrogen and oxygen atoms in total. The fraction of sp³-hybridized carbons (Fsp3) is 0.706. The molecule has 0 rings (SSSR count). The molecule has 13 heteroatoms. The number of carbonyl (C=O) groups is 4. The zero-order valence-electron chi connectivity index (χ0n) is 29.4. The van der Waals surface area contributed by atoms with Crippen LogP contribution in [-0.2, 0) is 47.6 Å². The number of aliphatic hydroxyl groups is 3. The van der Waals surface area contributed by atoms with Crippen LogP contribution in [0.15, 0.2) is 36.5 Å². The van der Waals surface area contributed by atoms with Crippen molar-refractivity contribution in [2.24, 2.45) is 10.8 Å². The van der Waals surface area contributed by atoms with Gasteiger partial charge in [-0.1, -0.05) is 46.4 Å². The molecule has 0 aromatic carbocycles. The van der Waals surface area contributed by atoms with E-state index in [-0.39, 0.29) is 57.4 Å². The van der Waals surface area contributed by atoms with Gasteiger partial charge in [-0.3, -0.25) is 4.79 Å². The van der Waals surface area contributed by atoms with Crippen molar-refractivity contribution in [2.45, 2.75) is 86.4 Å². The van der Waals surface area contributed by atoms with Crippen molar-refractivity contribution in [3.8, 4) is 0 Å². The summed E-state index contributed by atoms with van der Waals surface area (Å²) in [6.45, 7) is 22.9. The van der Waals surface area contributed by atoms with E-state index in [2.05, 4.69) is 19.7 Å². The summed E-state index contributed by atoms with van der Waals surface area (Å²) in [6.07, 6.45) is 1.89. The number of rotatable bonds is 24. The van der Waals surface area contributed by atoms with Crippen molar-refractivity contribution in [3.63, 3.8) is 0 Å². The molecule has 0 heterocycles. The SMILES string of the molecule is C=C(C)C(=O)OCC(C)(C)COC(=O)C(C)(C)CO.C=C(C)C(=O)OCC(O)COCCCCCCOCC(O)COC(=O)C(=C)C. The van der Waals surface area contributed by atoms with E-state index in [0.29, 0.717) is 18.8 Å². The third-order valence-corrected chi connectivity index (χ3v) is 5.94. The highest BCUT2D eigenvalue weighted by Gasteiger charge is 2.31. The summed E-state index contributed by atoms with van der Waals surface area (Å²) in [5.74, 6) is -1.99. The van der Waals surface area contributed by atoms with Gasteiger partial charge in [0.2, 0.25) is 0 Å². The second-order valence-corrected chi connectivity index (χ2v) is 12.8. The Hall–Kier alpha value is -3.10. The zero-order chi connectivity index (χ0) is 36.6. The Labute approximate surface area is 279 Å². The first-order valence-electron chi connectivity index (χ1n) is 15.5. The molecule has 0 spiro atoms. The van der Waals surface area contributed by atoms with Crippen molar-refractivity contribution in [3.05, 3.63) is 36.5 Å². The van der Waals surface area contributed by atoms with Crippen molar-refractivity contribution in [1.29, 1.82) is 0 Å². The zero-order valence-corrected chi connectivity index (χ0v) is 29.4. The molecule has 2 atom stereocenters. The maximum Gasteiger partial charge on any atom is 0.333 e. The Bertz CT molecular complexity index is 956. The van der Waals surface area contributed by atoms with E-state index in [1.54, 1.807) is 34.6 Å². The minimum absolute atomic E-state index is 0.110. The Balaban J connectivity index is 0. The van der Waals surface area contributed by atoms with Gasteiger partial charge in [-0.05, 0) is 47.5 Å². The largest absolute Gasteiger partial charge is 0.465 e. The first-order chi connectivity index (χ1) is 21.8. The number of ether oxygens (including phenoxy) is 6. The van der Waals surface area contributed by atoms with Crippen LogP contribution in [0.3, 0.4) is 0 Å². The Morgan fingerprint density at radius 1 is 0.596 bits per heavy atom. The van der Waals surface area contributed by atoms with Gasteiger partial charge in [0.15, 0.2) is 0 Å². The summed E-state index contributed by atoms with van der Waals surface area (Å²) in [5, 5.41) is 28.3. The molecule has 0 fully saturated rings. The standard InChI is InChI=1S/C20H34O8.C14H24O5/c1-15(2)19(23)27-13-17(21)11-25-9-7-5-6-8-10-26-12-18(22)14-28-20(24)16(3)4;1-10(2)11(16)18-8-13(3,4)9-19-12(17)14(5,6)7-15/h17-18,21-22H,1,3,5-14H2,2,4H3;15H,1,7-9H2,2-6H3. The molecule has 0 bridgehead atoms. The van der Waals surface area contributed by atoms with E-state index in [0.717, 1.165) is 25.7 Å². The molecule has 0 radical (unpaired) electrons. The van der Waals surface area contributed by atoms with Gasteiger partial charge in [-0.25, -0.2) is 14.4 Å². The summed E-state index contributed by atoms with van der Waals surface area (Å²) >= 11 is 0. The Morgan fingerprint density at radius 2 is 0.957 bits per heavy atom. The van der Waals surface area contributed by atoms with Crippen molar-refractivity contribution < 1.29 is 62.9 Å². The summed E-state index contributed by atoms with van der Waals surface area (Å²) in [6, 6.07) is 0. The van der Waals surface area contributed by atoms with E-state index in [4.69, 9.17) is 33.5 Å². The molecule has 0 aromatic rings. The van der Waals surface area contributed by atoms with Crippen LogP contribution >= 0.6 is 0 Å². The van der Waals surface area contributed by atoms with Crippen LogP contribution < -0.4 is 0 Å². The Kier molecular flexibility index (Phi) is 24.5. The molecule has 0 saturated heterocycles. The molecule has 0 saturated carbocycles. The normalized spacial score (nSPS) is 12.5. The summed E-state index contributed by atoms with van der Waals surface area (Å²) in [7, 11) is 0. The van der Waals surface area contributed by atoms with Gasteiger partial charge in [0.05, 0.1) is 38.4 Å². The highest BCUT2D eigenvalue weighted by Crippen LogP contribution is 2.21. The van der Waals surface area contributed by atoms with Crippen LogP contribution in [0.4, 0.5) is 0 Å². The van der Waals surface area contributed by atoms with Crippen LogP contribution in [0.1, 0.15) is 74.1 Å². The number of unbranched alkanes of at least 4 members (excludes halogenated alkanes) is 3. The van der Waals surface area contributed by atoms with Crippen molar-refractivity contribution in [1.82, 2.24) is 0 Å². The number of aliphatic hydroxyl groups excluding tert-OH is 3. The molecule has 272 valence electrons. The highest BCUT2D eigenvalue weighted by molar-refractivity contribution is 5.87. The summed E-state index contributed by atoms with van der Waals surface area (Å²) < 4.78 is 30.5. The third-order valence-electron chi connectivity index (χ3n) is 5.94. The van der Waals surface area contributed by atoms with Gasteiger partial charge in [-0.15, -0.1) is 0 Å². The molecule has 0 aliphatic carbocycles. The van der Waals surface area contributed by atoms with Crippen molar-refractivity contribution in [2.75, 3.05) is 59.5 Å². The number of esters is 4. The van der Waals surface area contributed by atoms with Crippen LogP contribution in [0.25, 0.3) is 0 Å². The molecule has 0 aliphatic rings. The lowest BCUT2D eigenvalue weighted by atomic mass is 9.94. The van der Waals surface area contributed by atoms with Crippen LogP contribution in [0, 0.1) is 10.8 Å². The van der Waals surface area contributed by atoms with Crippen LogP contribution in [0.5, 0.6) is 0 Å². The summed E-state index contributed by atoms with van der Waals surface area (Å²) in [4.78, 5) is 45.3. The lowest BCUT2D eigenvalue weighted by molar-refractivity contribution is -0.161. The quantitative estimate of drug-likeness (QED) is 0.0587. The fourth-order valence-electron chi connectivity index (χ4n) is 2.83. The van der Waals surface area contributed by atoms with Crippen LogP contribution in [0.2, 0.25) is 0 Å². The molecule has 3 N–H and O–H groups in total. The van der Waals surface area contributed by atoms with E-state index in [1.165, 1.54) is 0 Å². The molecular weight excluding hydrogens is 616 g/mol. The molecule has 47 heavy (non-hydrogen) atoms. The summed E-state index contributed by atoms with van der Waals surface area (Å²) in [5.41, 5.74) is -0.513. The molecule has 2 unspecified atom stereocenters. The maximum absolute atomic E-state index is 11.7. The van der Waals surface area contributed by atoms with Gasteiger partial charge in [0.25, 0.3) is 0 Å². The second-order valence-electron chi connectivity index (χ2n) is 12.8. The van der Waals surface area contributed by atoms with E-state index in [9.17, 15) is 29.4 Å². The molecule has 0 aliphatic heterocycles. The lowest BCUT2D eigenvalue weighted by Crippen LogP contribution is -2.35. The Morgan fingerprint density at radius 3 is 1.32 bits per heavy atom. The molecular formula is C34H58O13. The molecule has 0 amide bonds. The topological polar surface area (TPSA) is 184 Å². The smallest absolute Gasteiger partial charge is 0.333 e. The minimum Gasteiger partial charge on any atom is -0.465 e. The minimum atomic E-state index is -0.926. The number of carbonyl (C=O) groups excluding carboxylic acids is 4. The highest BCUT2D eigenvalue weighted by atomic mass is 16.6. The fourth-order valence-corrected chi connectivity index (χ4v) is 2.83. The molecule has 0 aromatic heterocycles.